The average molecular weight is 442 g/mol. The molecule has 0 aliphatic carbocycles. The van der Waals surface area contributed by atoms with Gasteiger partial charge in [0.2, 0.25) is 0 Å². The molecule has 2 aromatic carbocycles. The van der Waals surface area contributed by atoms with Crippen LogP contribution in [0.15, 0.2) is 43.0 Å². The van der Waals surface area contributed by atoms with Gasteiger partial charge >= 0.3 is 0 Å². The Morgan fingerprint density at radius 2 is 1.79 bits per heavy atom. The number of rotatable bonds is 4. The summed E-state index contributed by atoms with van der Waals surface area (Å²) in [5.41, 5.74) is 7.40. The lowest BCUT2D eigenvalue weighted by atomic mass is 9.96. The molecule has 5 heteroatoms. The Morgan fingerprint density at radius 3 is 2.39 bits per heavy atom. The summed E-state index contributed by atoms with van der Waals surface area (Å²) >= 11 is 0. The first-order chi connectivity index (χ1) is 15.6. The molecule has 1 aliphatic rings. The normalized spacial score (nSPS) is 15.0. The molecular formula is C28H35N5. The quantitative estimate of drug-likeness (QED) is 0.534. The molecule has 33 heavy (non-hydrogen) atoms. The average Bonchev–Trinajstić information content (AvgIpc) is 3.16. The van der Waals surface area contributed by atoms with Crippen LogP contribution in [0.4, 0.5) is 17.2 Å². The largest absolute Gasteiger partial charge is 0.369 e. The van der Waals surface area contributed by atoms with Crippen molar-refractivity contribution in [2.45, 2.75) is 40.2 Å². The van der Waals surface area contributed by atoms with E-state index in [1.54, 1.807) is 0 Å². The van der Waals surface area contributed by atoms with Crippen LogP contribution in [-0.4, -0.2) is 48.6 Å². The maximum Gasteiger partial charge on any atom is 0.111 e. The molecule has 1 fully saturated rings. The molecule has 4 rings (SSSR count). The van der Waals surface area contributed by atoms with Crippen LogP contribution < -0.4 is 9.80 Å². The first-order valence-electron chi connectivity index (χ1n) is 11.7. The minimum Gasteiger partial charge on any atom is -0.369 e. The van der Waals surface area contributed by atoms with E-state index in [9.17, 15) is 5.26 Å². The van der Waals surface area contributed by atoms with Crippen molar-refractivity contribution in [1.29, 1.82) is 5.26 Å². The molecule has 1 aromatic heterocycles. The molecule has 172 valence electrons. The number of piperazine rings is 1. The zero-order chi connectivity index (χ0) is 23.9. The summed E-state index contributed by atoms with van der Waals surface area (Å²) < 4.78 is 0. The van der Waals surface area contributed by atoms with E-state index in [4.69, 9.17) is 0 Å². The molecule has 1 aliphatic heterocycles. The van der Waals surface area contributed by atoms with Gasteiger partial charge in [0.25, 0.3) is 0 Å². The lowest BCUT2D eigenvalue weighted by Crippen LogP contribution is -2.45. The van der Waals surface area contributed by atoms with Gasteiger partial charge in [-0.15, -0.1) is 0 Å². The molecule has 0 bridgehead atoms. The highest BCUT2D eigenvalue weighted by atomic mass is 15.3. The first kappa shape index (κ1) is 22.9. The van der Waals surface area contributed by atoms with Crippen molar-refractivity contribution < 1.29 is 0 Å². The van der Waals surface area contributed by atoms with Gasteiger partial charge in [-0.1, -0.05) is 12.6 Å². The van der Waals surface area contributed by atoms with Gasteiger partial charge in [-0.2, -0.15) is 5.26 Å². The van der Waals surface area contributed by atoms with E-state index in [0.717, 1.165) is 59.7 Å². The van der Waals surface area contributed by atoms with Crippen LogP contribution in [0.5, 0.6) is 0 Å². The summed E-state index contributed by atoms with van der Waals surface area (Å²) in [6.45, 7) is 19.5. The summed E-state index contributed by atoms with van der Waals surface area (Å²) in [4.78, 5) is 10.9. The monoisotopic (exact) mass is 441 g/mol. The minimum atomic E-state index is -0.183. The molecule has 0 saturated carbocycles. The number of allylic oxidation sites excluding steroid dienone is 1. The predicted octanol–water partition coefficient (Wildman–Crippen LogP) is 6.07. The fourth-order valence-corrected chi connectivity index (χ4v) is 4.75. The molecule has 0 spiro atoms. The molecule has 2 heterocycles. The number of hydrogen-bond donors (Lipinski definition) is 1. The van der Waals surface area contributed by atoms with Gasteiger partial charge in [0.15, 0.2) is 0 Å². The van der Waals surface area contributed by atoms with Gasteiger partial charge in [0.1, 0.15) is 5.82 Å². The van der Waals surface area contributed by atoms with Crippen LogP contribution in [0.1, 0.15) is 44.4 Å². The molecule has 3 aromatic rings. The minimum absolute atomic E-state index is 0.183. The zero-order valence-corrected chi connectivity index (χ0v) is 20.8. The Bertz CT molecular complexity index is 1230. The van der Waals surface area contributed by atoms with E-state index in [1.165, 1.54) is 11.3 Å². The predicted molar refractivity (Wildman–Crippen MR) is 141 cm³/mol. The lowest BCUT2D eigenvalue weighted by Gasteiger charge is -2.40. The van der Waals surface area contributed by atoms with Gasteiger partial charge in [-0.25, -0.2) is 0 Å². The van der Waals surface area contributed by atoms with E-state index in [-0.39, 0.29) is 5.54 Å². The number of H-pyrrole nitrogens is 1. The van der Waals surface area contributed by atoms with E-state index in [1.807, 2.05) is 18.2 Å². The van der Waals surface area contributed by atoms with E-state index >= 15 is 0 Å². The van der Waals surface area contributed by atoms with Gasteiger partial charge in [-0.3, -0.25) is 0 Å². The number of anilines is 3. The number of aromatic nitrogens is 1. The second-order valence-corrected chi connectivity index (χ2v) is 10.3. The molecule has 1 saturated heterocycles. The summed E-state index contributed by atoms with van der Waals surface area (Å²) in [7, 11) is 2.19. The zero-order valence-electron chi connectivity index (χ0n) is 20.8. The van der Waals surface area contributed by atoms with E-state index in [2.05, 4.69) is 92.2 Å². The fourth-order valence-electron chi connectivity index (χ4n) is 4.75. The van der Waals surface area contributed by atoms with Crippen molar-refractivity contribution in [2.75, 3.05) is 43.0 Å². The van der Waals surface area contributed by atoms with Crippen LogP contribution in [0.2, 0.25) is 0 Å². The third kappa shape index (κ3) is 4.49. The number of nitrogens with zero attached hydrogens (tertiary/aromatic N) is 4. The topological polar surface area (TPSA) is 49.3 Å². The van der Waals surface area contributed by atoms with Crippen molar-refractivity contribution in [3.8, 4) is 6.07 Å². The highest BCUT2D eigenvalue weighted by molar-refractivity contribution is 5.89. The molecule has 0 atom stereocenters. The number of fused-ring (bicyclic) bond motifs is 1. The maximum atomic E-state index is 9.32. The van der Waals surface area contributed by atoms with Crippen molar-refractivity contribution in [3.63, 3.8) is 0 Å². The number of benzene rings is 2. The highest BCUT2D eigenvalue weighted by Gasteiger charge is 2.29. The van der Waals surface area contributed by atoms with Crippen LogP contribution in [0, 0.1) is 18.3 Å². The number of hydrogen-bond acceptors (Lipinski definition) is 4. The fraction of sp³-hybridized carbons (Fsp3) is 0.393. The summed E-state index contributed by atoms with van der Waals surface area (Å²) in [6.07, 6.45) is 0. The summed E-state index contributed by atoms with van der Waals surface area (Å²) in [6, 6.07) is 14.9. The SMILES string of the molecule is C=C(C)c1cc(C)c(N2CCN(C)CC2)cc1N(c1cc2ccc(C#N)cc2[nH]1)C(C)(C)C. The Kier molecular flexibility index (Phi) is 5.99. The van der Waals surface area contributed by atoms with Crippen LogP contribution in [-0.2, 0) is 0 Å². The highest BCUT2D eigenvalue weighted by Crippen LogP contribution is 2.42. The van der Waals surface area contributed by atoms with Crippen LogP contribution in [0.25, 0.3) is 16.5 Å². The molecule has 5 nitrogen and oxygen atoms in total. The smallest absolute Gasteiger partial charge is 0.111 e. The van der Waals surface area contributed by atoms with E-state index < -0.39 is 0 Å². The molecule has 0 unspecified atom stereocenters. The van der Waals surface area contributed by atoms with Gasteiger partial charge in [0.05, 0.1) is 17.3 Å². The molecule has 1 N–H and O–H groups in total. The van der Waals surface area contributed by atoms with Crippen molar-refractivity contribution >= 4 is 33.7 Å². The summed E-state index contributed by atoms with van der Waals surface area (Å²) in [5, 5.41) is 10.4. The number of aromatic amines is 1. The summed E-state index contributed by atoms with van der Waals surface area (Å²) in [5.74, 6) is 1.02. The number of aryl methyl sites for hydroxylation is 1. The Morgan fingerprint density at radius 1 is 1.09 bits per heavy atom. The third-order valence-electron chi connectivity index (χ3n) is 6.51. The Balaban J connectivity index is 1.89. The molecular weight excluding hydrogens is 406 g/mol. The molecule has 0 amide bonds. The number of nitrogens with one attached hydrogen (secondary N) is 1. The van der Waals surface area contributed by atoms with Crippen LogP contribution in [0.3, 0.4) is 0 Å². The van der Waals surface area contributed by atoms with Crippen LogP contribution >= 0.6 is 0 Å². The molecule has 0 radical (unpaired) electrons. The first-order valence-corrected chi connectivity index (χ1v) is 11.7. The van der Waals surface area contributed by atoms with Gasteiger partial charge in [0, 0.05) is 53.9 Å². The lowest BCUT2D eigenvalue weighted by molar-refractivity contribution is 0.312. The van der Waals surface area contributed by atoms with Gasteiger partial charge < -0.3 is 19.7 Å². The second kappa shape index (κ2) is 8.61. The number of likely N-dealkylation sites (N-methyl/N-ethyl adjacent to an activating group) is 1. The maximum absolute atomic E-state index is 9.32. The Labute approximate surface area is 197 Å². The third-order valence-corrected chi connectivity index (χ3v) is 6.51. The Hall–Kier alpha value is -3.23. The van der Waals surface area contributed by atoms with Crippen molar-refractivity contribution in [1.82, 2.24) is 9.88 Å². The van der Waals surface area contributed by atoms with Gasteiger partial charge in [-0.05, 0) is 83.1 Å². The number of nitriles is 1. The van der Waals surface area contributed by atoms with Crippen molar-refractivity contribution in [3.05, 3.63) is 59.7 Å². The second-order valence-electron chi connectivity index (χ2n) is 10.3. The van der Waals surface area contributed by atoms with E-state index in [0.29, 0.717) is 5.56 Å². The van der Waals surface area contributed by atoms with Crippen molar-refractivity contribution in [2.24, 2.45) is 0 Å². The standard InChI is InChI=1S/C28H35N5/c1-19(2)23-14-20(3)25(32-12-10-31(7)11-13-32)17-26(23)33(28(4,5)6)27-16-22-9-8-21(18-29)15-24(22)30-27/h8-9,14-17,30H,1,10-13H2,2-7H3.